The topological polar surface area (TPSA) is 57.1 Å². The Morgan fingerprint density at radius 3 is 2.59 bits per heavy atom. The first-order valence-corrected chi connectivity index (χ1v) is 11.4. The minimum absolute atomic E-state index is 0.618. The summed E-state index contributed by atoms with van der Waals surface area (Å²) in [5, 5.41) is 12.4. The number of nitrogens with zero attached hydrogens (tertiary/aromatic N) is 4. The molecule has 7 heteroatoms. The highest BCUT2D eigenvalue weighted by molar-refractivity contribution is 5.73. The zero-order valence-corrected chi connectivity index (χ0v) is 17.1. The Bertz CT molecular complexity index is 864. The second kappa shape index (κ2) is 7.36. The van der Waals surface area contributed by atoms with Gasteiger partial charge in [0.1, 0.15) is 0 Å². The number of anilines is 3. The molecule has 3 fully saturated rings. The molecule has 0 aromatic carbocycles. The van der Waals surface area contributed by atoms with Gasteiger partial charge in [0.25, 0.3) is 0 Å². The molecule has 1 saturated carbocycles. The van der Waals surface area contributed by atoms with E-state index in [2.05, 4.69) is 43.1 Å². The van der Waals surface area contributed by atoms with Crippen molar-refractivity contribution in [1.29, 1.82) is 0 Å². The average Bonchev–Trinajstić information content (AvgIpc) is 3.35. The number of rotatable bonds is 3. The van der Waals surface area contributed by atoms with E-state index in [0.29, 0.717) is 12.0 Å². The Morgan fingerprint density at radius 1 is 0.966 bits per heavy atom. The molecule has 6 rings (SSSR count). The zero-order chi connectivity index (χ0) is 19.2. The summed E-state index contributed by atoms with van der Waals surface area (Å²) in [6.45, 7) is 8.21. The summed E-state index contributed by atoms with van der Waals surface area (Å²) in [5.74, 6) is 3.82. The molecule has 5 heterocycles. The van der Waals surface area contributed by atoms with E-state index >= 15 is 0 Å². The van der Waals surface area contributed by atoms with Gasteiger partial charge >= 0.3 is 0 Å². The van der Waals surface area contributed by atoms with E-state index in [0.717, 1.165) is 70.0 Å². The highest BCUT2D eigenvalue weighted by atomic mass is 16.5. The molecule has 2 saturated heterocycles. The lowest BCUT2D eigenvalue weighted by Gasteiger charge is -2.37. The first-order valence-electron chi connectivity index (χ1n) is 11.4. The number of aromatic nitrogens is 2. The molecule has 2 unspecified atom stereocenters. The molecule has 2 aromatic rings. The summed E-state index contributed by atoms with van der Waals surface area (Å²) in [4.78, 5) is 5.03. The third kappa shape index (κ3) is 3.24. The highest BCUT2D eigenvalue weighted by Crippen LogP contribution is 2.36. The van der Waals surface area contributed by atoms with Crippen molar-refractivity contribution in [3.05, 3.63) is 18.2 Å². The Balaban J connectivity index is 1.19. The molecule has 156 valence electrons. The van der Waals surface area contributed by atoms with Crippen LogP contribution in [0.15, 0.2) is 18.2 Å². The maximum absolute atomic E-state index is 5.57. The fourth-order valence-electron chi connectivity index (χ4n) is 5.42. The second-order valence-electron chi connectivity index (χ2n) is 9.19. The Morgan fingerprint density at radius 2 is 1.83 bits per heavy atom. The molecule has 0 spiro atoms. The van der Waals surface area contributed by atoms with Crippen LogP contribution >= 0.6 is 0 Å². The van der Waals surface area contributed by atoms with Gasteiger partial charge in [0.2, 0.25) is 0 Å². The Hall–Kier alpha value is -1.99. The van der Waals surface area contributed by atoms with Crippen LogP contribution < -0.4 is 15.5 Å². The van der Waals surface area contributed by atoms with Crippen molar-refractivity contribution in [3.8, 4) is 0 Å². The molecule has 29 heavy (non-hydrogen) atoms. The summed E-state index contributed by atoms with van der Waals surface area (Å²) in [7, 11) is 0. The van der Waals surface area contributed by atoms with Crippen molar-refractivity contribution in [2.24, 2.45) is 11.8 Å². The molecule has 2 atom stereocenters. The van der Waals surface area contributed by atoms with Crippen LogP contribution in [0.2, 0.25) is 0 Å². The van der Waals surface area contributed by atoms with Crippen LogP contribution in [0, 0.1) is 11.8 Å². The van der Waals surface area contributed by atoms with Gasteiger partial charge in [0, 0.05) is 58.0 Å². The van der Waals surface area contributed by atoms with E-state index in [1.165, 1.54) is 36.9 Å². The average molecular weight is 397 g/mol. The van der Waals surface area contributed by atoms with E-state index in [1.807, 2.05) is 0 Å². The van der Waals surface area contributed by atoms with Crippen molar-refractivity contribution in [3.63, 3.8) is 0 Å². The molecule has 0 amide bonds. The van der Waals surface area contributed by atoms with Crippen molar-refractivity contribution < 1.29 is 4.74 Å². The van der Waals surface area contributed by atoms with Gasteiger partial charge in [-0.1, -0.05) is 19.3 Å². The number of hydrogen-bond acceptors (Lipinski definition) is 6. The summed E-state index contributed by atoms with van der Waals surface area (Å²) in [5.41, 5.74) is 2.35. The summed E-state index contributed by atoms with van der Waals surface area (Å²) in [6, 6.07) is 7.27. The third-order valence-corrected chi connectivity index (χ3v) is 7.57. The number of pyridine rings is 1. The van der Waals surface area contributed by atoms with Gasteiger partial charge in [0.15, 0.2) is 11.6 Å². The predicted molar refractivity (Wildman–Crippen MR) is 116 cm³/mol. The fourth-order valence-corrected chi connectivity index (χ4v) is 5.42. The maximum Gasteiger partial charge on any atom is 0.151 e. The zero-order valence-electron chi connectivity index (χ0n) is 17.1. The molecule has 1 aliphatic carbocycles. The molecule has 3 aliphatic heterocycles. The summed E-state index contributed by atoms with van der Waals surface area (Å²) in [6.07, 6.45) is 5.37. The van der Waals surface area contributed by atoms with Crippen molar-refractivity contribution in [2.75, 3.05) is 68.0 Å². The smallest absolute Gasteiger partial charge is 0.151 e. The minimum Gasteiger partial charge on any atom is -0.382 e. The van der Waals surface area contributed by atoms with Crippen LogP contribution in [0.5, 0.6) is 0 Å². The third-order valence-electron chi connectivity index (χ3n) is 7.57. The van der Waals surface area contributed by atoms with Crippen LogP contribution in [0.4, 0.5) is 17.3 Å². The van der Waals surface area contributed by atoms with Gasteiger partial charge in [-0.05, 0) is 30.4 Å². The molecular formula is C22H32N6O. The molecule has 2 aromatic heterocycles. The standard InChI is InChI=1S/C22H32N6O/c1-2-16(3-1)17-13-23-20-5-4-18-12-21(25-28(18)22(20)24-14-17)27-9-7-26(8-10-27)19-6-11-29-15-19/h4-5,12,16-17,19,23-24H,1-3,6-11,13-15H2. The fraction of sp³-hybridized carbons (Fsp3) is 0.682. The lowest BCUT2D eigenvalue weighted by Crippen LogP contribution is -2.50. The molecular weight excluding hydrogens is 364 g/mol. The van der Waals surface area contributed by atoms with Gasteiger partial charge in [-0.3, -0.25) is 4.90 Å². The van der Waals surface area contributed by atoms with Crippen LogP contribution in [-0.4, -0.2) is 73.0 Å². The first-order chi connectivity index (χ1) is 14.3. The Kier molecular flexibility index (Phi) is 4.53. The quantitative estimate of drug-likeness (QED) is 0.831. The van der Waals surface area contributed by atoms with Crippen molar-refractivity contribution in [2.45, 2.75) is 31.7 Å². The molecule has 0 bridgehead atoms. The largest absolute Gasteiger partial charge is 0.382 e. The second-order valence-corrected chi connectivity index (χ2v) is 9.19. The number of piperazine rings is 1. The summed E-state index contributed by atoms with van der Waals surface area (Å²) < 4.78 is 7.68. The first kappa shape index (κ1) is 17.8. The highest BCUT2D eigenvalue weighted by Gasteiger charge is 2.30. The molecule has 4 aliphatic rings. The lowest BCUT2D eigenvalue weighted by atomic mass is 9.76. The maximum atomic E-state index is 5.57. The lowest BCUT2D eigenvalue weighted by molar-refractivity contribution is 0.139. The van der Waals surface area contributed by atoms with E-state index in [9.17, 15) is 0 Å². The van der Waals surface area contributed by atoms with Crippen LogP contribution in [0.25, 0.3) is 5.52 Å². The SMILES string of the molecule is c1cc2cc(N3CCN(C4CCOC4)CC3)nn2c2c1NCC(C1CCC1)CN2. The van der Waals surface area contributed by atoms with E-state index in [1.54, 1.807) is 0 Å². The normalized spacial score (nSPS) is 28.5. The predicted octanol–water partition coefficient (Wildman–Crippen LogP) is 2.50. The molecule has 0 radical (unpaired) electrons. The van der Waals surface area contributed by atoms with Crippen molar-refractivity contribution >= 4 is 22.8 Å². The van der Waals surface area contributed by atoms with Crippen LogP contribution in [0.1, 0.15) is 25.7 Å². The van der Waals surface area contributed by atoms with E-state index in [-0.39, 0.29) is 0 Å². The Labute approximate surface area is 172 Å². The van der Waals surface area contributed by atoms with Crippen molar-refractivity contribution in [1.82, 2.24) is 14.5 Å². The molecule has 7 nitrogen and oxygen atoms in total. The van der Waals surface area contributed by atoms with E-state index in [4.69, 9.17) is 9.84 Å². The van der Waals surface area contributed by atoms with Gasteiger partial charge in [0.05, 0.1) is 17.8 Å². The molecule has 2 N–H and O–H groups in total. The van der Waals surface area contributed by atoms with Gasteiger partial charge in [-0.2, -0.15) is 0 Å². The summed E-state index contributed by atoms with van der Waals surface area (Å²) >= 11 is 0. The van der Waals surface area contributed by atoms with Gasteiger partial charge in [-0.25, -0.2) is 4.52 Å². The van der Waals surface area contributed by atoms with Crippen LogP contribution in [0.3, 0.4) is 0 Å². The number of fused-ring (bicyclic) bond motifs is 3. The number of nitrogens with one attached hydrogen (secondary N) is 2. The van der Waals surface area contributed by atoms with E-state index < -0.39 is 0 Å². The minimum atomic E-state index is 0.618. The number of hydrogen-bond donors (Lipinski definition) is 2. The van der Waals surface area contributed by atoms with Gasteiger partial charge in [-0.15, -0.1) is 5.10 Å². The van der Waals surface area contributed by atoms with Gasteiger partial charge < -0.3 is 20.3 Å². The van der Waals surface area contributed by atoms with Crippen LogP contribution in [-0.2, 0) is 4.74 Å². The number of ether oxygens (including phenoxy) is 1. The monoisotopic (exact) mass is 396 g/mol.